The molecule has 0 radical (unpaired) electrons. The Hall–Kier alpha value is -0.760. The Morgan fingerprint density at radius 1 is 1.19 bits per heavy atom. The molecule has 2 aliphatic carbocycles. The molecular weight excluding hydrogens is 258 g/mol. The van der Waals surface area contributed by atoms with Gasteiger partial charge in [0.2, 0.25) is 0 Å². The zero-order chi connectivity index (χ0) is 14.5. The van der Waals surface area contributed by atoms with Crippen molar-refractivity contribution < 1.29 is 4.42 Å². The van der Waals surface area contributed by atoms with Gasteiger partial charge in [0, 0.05) is 12.5 Å². The predicted molar refractivity (Wildman–Crippen MR) is 87.3 cm³/mol. The normalized spacial score (nSPS) is 30.8. The van der Waals surface area contributed by atoms with E-state index in [1.54, 1.807) is 0 Å². The van der Waals surface area contributed by atoms with E-state index in [1.807, 2.05) is 12.3 Å². The monoisotopic (exact) mass is 289 g/mol. The first-order valence-corrected chi connectivity index (χ1v) is 9.12. The summed E-state index contributed by atoms with van der Waals surface area (Å²) < 4.78 is 5.60. The average molecular weight is 289 g/mol. The first-order chi connectivity index (χ1) is 10.4. The topological polar surface area (TPSA) is 25.2 Å². The Labute approximate surface area is 129 Å². The maximum Gasteiger partial charge on any atom is 0.105 e. The van der Waals surface area contributed by atoms with Crippen molar-refractivity contribution in [3.8, 4) is 0 Å². The molecule has 21 heavy (non-hydrogen) atoms. The van der Waals surface area contributed by atoms with E-state index in [-0.39, 0.29) is 0 Å². The number of hydrogen-bond acceptors (Lipinski definition) is 2. The van der Waals surface area contributed by atoms with Crippen LogP contribution in [0.1, 0.15) is 64.1 Å². The summed E-state index contributed by atoms with van der Waals surface area (Å²) >= 11 is 0. The molecule has 0 bridgehead atoms. The average Bonchev–Trinajstić information content (AvgIpc) is 3.04. The van der Waals surface area contributed by atoms with Crippen molar-refractivity contribution in [2.75, 3.05) is 6.54 Å². The third-order valence-corrected chi connectivity index (χ3v) is 5.81. The van der Waals surface area contributed by atoms with Gasteiger partial charge in [-0.3, -0.25) is 0 Å². The highest BCUT2D eigenvalue weighted by molar-refractivity contribution is 5.02. The first kappa shape index (κ1) is 15.1. The summed E-state index contributed by atoms with van der Waals surface area (Å²) in [5.74, 6) is 4.06. The summed E-state index contributed by atoms with van der Waals surface area (Å²) in [5.41, 5.74) is 0. The Morgan fingerprint density at radius 2 is 2.05 bits per heavy atom. The molecule has 0 spiro atoms. The summed E-state index contributed by atoms with van der Waals surface area (Å²) in [7, 11) is 0. The van der Waals surface area contributed by atoms with Gasteiger partial charge >= 0.3 is 0 Å². The highest BCUT2D eigenvalue weighted by Crippen LogP contribution is 2.43. The maximum absolute atomic E-state index is 5.60. The fourth-order valence-corrected chi connectivity index (χ4v) is 4.66. The highest BCUT2D eigenvalue weighted by atomic mass is 16.3. The van der Waals surface area contributed by atoms with Crippen LogP contribution in [0.5, 0.6) is 0 Å². The number of hydrogen-bond donors (Lipinski definition) is 1. The largest absolute Gasteiger partial charge is 0.469 e. The summed E-state index contributed by atoms with van der Waals surface area (Å²) in [6, 6.07) is 4.76. The van der Waals surface area contributed by atoms with Gasteiger partial charge in [0.1, 0.15) is 5.76 Å². The van der Waals surface area contributed by atoms with Gasteiger partial charge < -0.3 is 9.73 Å². The van der Waals surface area contributed by atoms with Gasteiger partial charge in [0.15, 0.2) is 0 Å². The number of fused-ring (bicyclic) bond motifs is 1. The Kier molecular flexibility index (Phi) is 5.40. The van der Waals surface area contributed by atoms with Crippen molar-refractivity contribution in [1.29, 1.82) is 0 Å². The lowest BCUT2D eigenvalue weighted by atomic mass is 9.66. The number of nitrogens with one attached hydrogen (secondary N) is 1. The minimum atomic E-state index is 0.610. The fourth-order valence-electron chi connectivity index (χ4n) is 4.66. The van der Waals surface area contributed by atoms with Crippen molar-refractivity contribution in [3.63, 3.8) is 0 Å². The van der Waals surface area contributed by atoms with Crippen LogP contribution in [0.4, 0.5) is 0 Å². The van der Waals surface area contributed by atoms with Crippen LogP contribution in [-0.4, -0.2) is 12.6 Å². The lowest BCUT2D eigenvalue weighted by Gasteiger charge is -2.42. The molecule has 1 N–H and O–H groups in total. The van der Waals surface area contributed by atoms with Crippen LogP contribution in [0.3, 0.4) is 0 Å². The van der Waals surface area contributed by atoms with Gasteiger partial charge in [-0.25, -0.2) is 0 Å². The highest BCUT2D eigenvalue weighted by Gasteiger charge is 2.35. The smallest absolute Gasteiger partial charge is 0.105 e. The molecular formula is C19H31NO. The minimum absolute atomic E-state index is 0.610. The quantitative estimate of drug-likeness (QED) is 0.814. The second-order valence-corrected chi connectivity index (χ2v) is 7.22. The molecule has 2 saturated carbocycles. The summed E-state index contributed by atoms with van der Waals surface area (Å²) in [5, 5.41) is 3.81. The molecule has 0 saturated heterocycles. The number of furan rings is 1. The Bertz CT molecular complexity index is 400. The molecule has 4 unspecified atom stereocenters. The summed E-state index contributed by atoms with van der Waals surface area (Å²) in [6.07, 6.45) is 14.4. The van der Waals surface area contributed by atoms with Gasteiger partial charge in [-0.05, 0) is 62.1 Å². The van der Waals surface area contributed by atoms with E-state index in [9.17, 15) is 0 Å². The van der Waals surface area contributed by atoms with Crippen LogP contribution in [0, 0.1) is 17.8 Å². The zero-order valence-electron chi connectivity index (χ0n) is 13.5. The Balaban J connectivity index is 1.61. The molecule has 118 valence electrons. The van der Waals surface area contributed by atoms with Gasteiger partial charge in [0.05, 0.1) is 6.26 Å². The van der Waals surface area contributed by atoms with E-state index < -0.39 is 0 Å². The van der Waals surface area contributed by atoms with Gasteiger partial charge in [-0.1, -0.05) is 32.6 Å². The minimum Gasteiger partial charge on any atom is -0.469 e. The van der Waals surface area contributed by atoms with Crippen LogP contribution >= 0.6 is 0 Å². The lowest BCUT2D eigenvalue weighted by Crippen LogP contribution is -2.42. The second kappa shape index (κ2) is 7.49. The van der Waals surface area contributed by atoms with Crippen molar-refractivity contribution in [2.45, 2.75) is 70.8 Å². The van der Waals surface area contributed by atoms with Crippen LogP contribution in [0.25, 0.3) is 0 Å². The van der Waals surface area contributed by atoms with Crippen LogP contribution in [-0.2, 0) is 6.42 Å². The molecule has 2 fully saturated rings. The van der Waals surface area contributed by atoms with E-state index in [1.165, 1.54) is 51.4 Å². The zero-order valence-corrected chi connectivity index (χ0v) is 13.5. The SMILES string of the molecule is CCCNC(Cc1ccco1)C1CCC2CCCCC2C1. The van der Waals surface area contributed by atoms with Gasteiger partial charge in [0.25, 0.3) is 0 Å². The maximum atomic E-state index is 5.60. The second-order valence-electron chi connectivity index (χ2n) is 7.22. The predicted octanol–water partition coefficient (Wildman–Crippen LogP) is 4.80. The lowest BCUT2D eigenvalue weighted by molar-refractivity contribution is 0.108. The number of rotatable bonds is 6. The molecule has 2 aliphatic rings. The summed E-state index contributed by atoms with van der Waals surface area (Å²) in [4.78, 5) is 0. The van der Waals surface area contributed by atoms with E-state index in [0.29, 0.717) is 6.04 Å². The Morgan fingerprint density at radius 3 is 2.81 bits per heavy atom. The van der Waals surface area contributed by atoms with E-state index >= 15 is 0 Å². The van der Waals surface area contributed by atoms with E-state index in [4.69, 9.17) is 4.42 Å². The third kappa shape index (κ3) is 3.91. The molecule has 0 aromatic carbocycles. The van der Waals surface area contributed by atoms with E-state index in [0.717, 1.165) is 36.5 Å². The molecule has 2 heteroatoms. The van der Waals surface area contributed by atoms with Crippen LogP contribution in [0.2, 0.25) is 0 Å². The van der Waals surface area contributed by atoms with Crippen molar-refractivity contribution >= 4 is 0 Å². The standard InChI is InChI=1S/C19H31NO/c1-2-11-20-19(14-18-8-5-12-21-18)17-10-9-15-6-3-4-7-16(15)13-17/h5,8,12,15-17,19-20H,2-4,6-7,9-11,13-14H2,1H3. The molecule has 1 aromatic heterocycles. The van der Waals surface area contributed by atoms with Crippen molar-refractivity contribution in [2.24, 2.45) is 17.8 Å². The summed E-state index contributed by atoms with van der Waals surface area (Å²) in [6.45, 7) is 3.39. The third-order valence-electron chi connectivity index (χ3n) is 5.81. The van der Waals surface area contributed by atoms with Gasteiger partial charge in [-0.2, -0.15) is 0 Å². The molecule has 1 heterocycles. The molecule has 3 rings (SSSR count). The van der Waals surface area contributed by atoms with Gasteiger partial charge in [-0.15, -0.1) is 0 Å². The van der Waals surface area contributed by atoms with E-state index in [2.05, 4.69) is 18.3 Å². The molecule has 0 amide bonds. The molecule has 2 nitrogen and oxygen atoms in total. The first-order valence-electron chi connectivity index (χ1n) is 9.12. The molecule has 1 aromatic rings. The molecule has 0 aliphatic heterocycles. The molecule has 4 atom stereocenters. The van der Waals surface area contributed by atoms with Crippen molar-refractivity contribution in [3.05, 3.63) is 24.2 Å². The van der Waals surface area contributed by atoms with Crippen LogP contribution in [0.15, 0.2) is 22.8 Å². The van der Waals surface area contributed by atoms with Crippen LogP contribution < -0.4 is 5.32 Å². The van der Waals surface area contributed by atoms with Crippen molar-refractivity contribution in [1.82, 2.24) is 5.32 Å². The fraction of sp³-hybridized carbons (Fsp3) is 0.789.